The van der Waals surface area contributed by atoms with Gasteiger partial charge in [-0.2, -0.15) is 5.26 Å². The molecule has 1 aromatic carbocycles. The van der Waals surface area contributed by atoms with Crippen molar-refractivity contribution in [2.24, 2.45) is 5.92 Å². The molecule has 0 atom stereocenters. The Balaban J connectivity index is 2.91. The lowest BCUT2D eigenvalue weighted by atomic mass is 10.0. The second-order valence-corrected chi connectivity index (χ2v) is 4.71. The Morgan fingerprint density at radius 3 is 2.71 bits per heavy atom. The number of aryl methyl sites for hydroxylation is 1. The summed E-state index contributed by atoms with van der Waals surface area (Å²) in [5.41, 5.74) is 1.81. The van der Waals surface area contributed by atoms with E-state index in [9.17, 15) is 0 Å². The van der Waals surface area contributed by atoms with Crippen molar-refractivity contribution in [1.82, 2.24) is 0 Å². The highest BCUT2D eigenvalue weighted by Crippen LogP contribution is 2.25. The Kier molecular flexibility index (Phi) is 5.56. The third-order valence-corrected chi connectivity index (χ3v) is 2.58. The van der Waals surface area contributed by atoms with Crippen molar-refractivity contribution in [2.45, 2.75) is 40.0 Å². The summed E-state index contributed by atoms with van der Waals surface area (Å²) >= 11 is 0. The number of rotatable bonds is 6. The van der Waals surface area contributed by atoms with Crippen LogP contribution in [-0.4, -0.2) is 6.61 Å². The highest BCUT2D eigenvalue weighted by atomic mass is 16.5. The summed E-state index contributed by atoms with van der Waals surface area (Å²) < 4.78 is 5.80. The Bertz CT molecular complexity index is 390. The maximum Gasteiger partial charge on any atom is 0.140 e. The molecule has 0 spiro atoms. The third-order valence-electron chi connectivity index (χ3n) is 2.58. The summed E-state index contributed by atoms with van der Waals surface area (Å²) in [5.74, 6) is 1.26. The molecule has 0 aliphatic carbocycles. The fourth-order valence-corrected chi connectivity index (χ4v) is 1.66. The lowest BCUT2D eigenvalue weighted by molar-refractivity contribution is 0.267. The van der Waals surface area contributed by atoms with Crippen molar-refractivity contribution in [1.29, 1.82) is 5.26 Å². The predicted octanol–water partition coefficient (Wildman–Crippen LogP) is 3.94. The van der Waals surface area contributed by atoms with Gasteiger partial charge in [0.05, 0.1) is 12.2 Å². The molecule has 0 heterocycles. The van der Waals surface area contributed by atoms with E-state index in [4.69, 9.17) is 10.00 Å². The van der Waals surface area contributed by atoms with Gasteiger partial charge in [-0.3, -0.25) is 0 Å². The molecule has 0 fully saturated rings. The van der Waals surface area contributed by atoms with Crippen LogP contribution in [0.4, 0.5) is 0 Å². The van der Waals surface area contributed by atoms with Crippen LogP contribution in [0.1, 0.15) is 44.7 Å². The normalized spacial score (nSPS) is 10.3. The molecule has 0 aliphatic rings. The smallest absolute Gasteiger partial charge is 0.140 e. The van der Waals surface area contributed by atoms with E-state index >= 15 is 0 Å². The summed E-state index contributed by atoms with van der Waals surface area (Å²) in [6.45, 7) is 7.06. The Labute approximate surface area is 104 Å². The molecule has 0 saturated carbocycles. The van der Waals surface area contributed by atoms with Crippen molar-refractivity contribution in [2.75, 3.05) is 6.61 Å². The van der Waals surface area contributed by atoms with Crippen LogP contribution in [0.5, 0.6) is 5.75 Å². The van der Waals surface area contributed by atoms with Gasteiger partial charge in [-0.1, -0.05) is 39.3 Å². The fourth-order valence-electron chi connectivity index (χ4n) is 1.66. The molecule has 0 N–H and O–H groups in total. The van der Waals surface area contributed by atoms with Crippen molar-refractivity contribution in [3.63, 3.8) is 0 Å². The lowest BCUT2D eigenvalue weighted by Gasteiger charge is -2.14. The topological polar surface area (TPSA) is 33.0 Å². The first kappa shape index (κ1) is 13.6. The summed E-state index contributed by atoms with van der Waals surface area (Å²) in [6.07, 6.45) is 3.27. The van der Waals surface area contributed by atoms with Crippen molar-refractivity contribution < 1.29 is 4.74 Å². The average molecular weight is 231 g/mol. The number of ether oxygens (including phenoxy) is 1. The van der Waals surface area contributed by atoms with Gasteiger partial charge in [0.2, 0.25) is 0 Å². The molecule has 0 unspecified atom stereocenters. The van der Waals surface area contributed by atoms with Crippen LogP contribution in [0.2, 0.25) is 0 Å². The van der Waals surface area contributed by atoms with Crippen molar-refractivity contribution >= 4 is 0 Å². The highest BCUT2D eigenvalue weighted by molar-refractivity contribution is 5.48. The Hall–Kier alpha value is -1.49. The zero-order chi connectivity index (χ0) is 12.7. The van der Waals surface area contributed by atoms with Crippen LogP contribution in [0.15, 0.2) is 18.2 Å². The van der Waals surface area contributed by atoms with E-state index in [1.807, 2.05) is 12.1 Å². The number of benzene rings is 1. The minimum absolute atomic E-state index is 0.473. The van der Waals surface area contributed by atoms with Crippen LogP contribution in [0.25, 0.3) is 0 Å². The molecule has 1 aromatic rings. The van der Waals surface area contributed by atoms with Gasteiger partial charge in [0.15, 0.2) is 0 Å². The van der Waals surface area contributed by atoms with Crippen LogP contribution >= 0.6 is 0 Å². The fraction of sp³-hybridized carbons (Fsp3) is 0.533. The SMILES string of the molecule is CCCCc1cccc(C#N)c1OCC(C)C. The van der Waals surface area contributed by atoms with E-state index in [1.165, 1.54) is 0 Å². The van der Waals surface area contributed by atoms with E-state index in [2.05, 4.69) is 32.9 Å². The van der Waals surface area contributed by atoms with Crippen LogP contribution in [-0.2, 0) is 6.42 Å². The molecule has 0 bridgehead atoms. The lowest BCUT2D eigenvalue weighted by Crippen LogP contribution is -2.07. The second-order valence-electron chi connectivity index (χ2n) is 4.71. The number of para-hydroxylation sites is 1. The first-order valence-corrected chi connectivity index (χ1v) is 6.33. The van der Waals surface area contributed by atoms with Gasteiger partial charge in [-0.05, 0) is 30.4 Å². The van der Waals surface area contributed by atoms with E-state index in [1.54, 1.807) is 0 Å². The summed E-state index contributed by atoms with van der Waals surface area (Å²) in [5, 5.41) is 9.10. The second kappa shape index (κ2) is 6.96. The maximum absolute atomic E-state index is 9.10. The first-order valence-electron chi connectivity index (χ1n) is 6.33. The van der Waals surface area contributed by atoms with Gasteiger partial charge in [0.25, 0.3) is 0 Å². The number of nitrogens with zero attached hydrogens (tertiary/aromatic N) is 1. The zero-order valence-electron chi connectivity index (χ0n) is 11.0. The molecule has 0 radical (unpaired) electrons. The molecular weight excluding hydrogens is 210 g/mol. The van der Waals surface area contributed by atoms with Gasteiger partial charge >= 0.3 is 0 Å². The molecule has 2 nitrogen and oxygen atoms in total. The molecule has 2 heteroatoms. The monoisotopic (exact) mass is 231 g/mol. The van der Waals surface area contributed by atoms with E-state index < -0.39 is 0 Å². The molecule has 1 rings (SSSR count). The third kappa shape index (κ3) is 4.11. The van der Waals surface area contributed by atoms with Crippen LogP contribution in [0.3, 0.4) is 0 Å². The molecule has 0 aliphatic heterocycles. The summed E-state index contributed by atoms with van der Waals surface area (Å²) in [6, 6.07) is 8.03. The number of nitriles is 1. The molecule has 0 aromatic heterocycles. The quantitative estimate of drug-likeness (QED) is 0.743. The Morgan fingerprint density at radius 2 is 2.12 bits per heavy atom. The first-order chi connectivity index (χ1) is 8.19. The minimum atomic E-state index is 0.473. The van der Waals surface area contributed by atoms with E-state index in [0.717, 1.165) is 30.6 Å². The van der Waals surface area contributed by atoms with Crippen LogP contribution in [0, 0.1) is 17.2 Å². The molecule has 0 saturated heterocycles. The molecular formula is C15H21NO. The molecule has 92 valence electrons. The average Bonchev–Trinajstić information content (AvgIpc) is 2.33. The highest BCUT2D eigenvalue weighted by Gasteiger charge is 2.09. The molecule has 17 heavy (non-hydrogen) atoms. The van der Waals surface area contributed by atoms with Gasteiger partial charge in [-0.25, -0.2) is 0 Å². The molecule has 0 amide bonds. The summed E-state index contributed by atoms with van der Waals surface area (Å²) in [4.78, 5) is 0. The zero-order valence-corrected chi connectivity index (χ0v) is 11.0. The predicted molar refractivity (Wildman–Crippen MR) is 70.1 cm³/mol. The standard InChI is InChI=1S/C15H21NO/c1-4-5-7-13-8-6-9-14(10-16)15(13)17-11-12(2)3/h6,8-9,12H,4-5,7,11H2,1-3H3. The van der Waals surface area contributed by atoms with Gasteiger partial charge in [0.1, 0.15) is 11.8 Å². The number of hydrogen-bond donors (Lipinski definition) is 0. The van der Waals surface area contributed by atoms with E-state index in [-0.39, 0.29) is 0 Å². The Morgan fingerprint density at radius 1 is 1.35 bits per heavy atom. The summed E-state index contributed by atoms with van der Waals surface area (Å²) in [7, 11) is 0. The van der Waals surface area contributed by atoms with Gasteiger partial charge in [0, 0.05) is 0 Å². The minimum Gasteiger partial charge on any atom is -0.492 e. The van der Waals surface area contributed by atoms with Crippen LogP contribution < -0.4 is 4.74 Å². The number of hydrogen-bond acceptors (Lipinski definition) is 2. The number of unbranched alkanes of at least 4 members (excludes halogenated alkanes) is 1. The largest absolute Gasteiger partial charge is 0.492 e. The van der Waals surface area contributed by atoms with Crippen molar-refractivity contribution in [3.8, 4) is 11.8 Å². The van der Waals surface area contributed by atoms with Gasteiger partial charge in [-0.15, -0.1) is 0 Å². The van der Waals surface area contributed by atoms with Gasteiger partial charge < -0.3 is 4.74 Å². The maximum atomic E-state index is 9.10. The van der Waals surface area contributed by atoms with Crippen molar-refractivity contribution in [3.05, 3.63) is 29.3 Å². The van der Waals surface area contributed by atoms with E-state index in [0.29, 0.717) is 18.1 Å².